The van der Waals surface area contributed by atoms with Gasteiger partial charge in [0.2, 0.25) is 5.91 Å². The Balaban J connectivity index is 1.41. The van der Waals surface area contributed by atoms with Crippen molar-refractivity contribution in [2.75, 3.05) is 10.6 Å². The summed E-state index contributed by atoms with van der Waals surface area (Å²) in [6.07, 6.45) is 9.83. The number of hydrogen-bond donors (Lipinski definition) is 2. The fraction of sp³-hybridized carbons (Fsp3) is 0.476. The van der Waals surface area contributed by atoms with Gasteiger partial charge in [-0.25, -0.2) is 4.98 Å². The molecule has 1 aromatic heterocycles. The van der Waals surface area contributed by atoms with Crippen molar-refractivity contribution in [3.8, 4) is 0 Å². The Morgan fingerprint density at radius 3 is 2.63 bits per heavy atom. The number of anilines is 2. The number of nitrogens with zero attached hydrogens (tertiary/aromatic N) is 1. The van der Waals surface area contributed by atoms with Crippen LogP contribution in [0.15, 0.2) is 24.3 Å². The molecule has 0 aliphatic heterocycles. The normalized spacial score (nSPS) is 17.2. The number of benzene rings is 1. The molecule has 142 valence electrons. The summed E-state index contributed by atoms with van der Waals surface area (Å²) in [6.45, 7) is 0. The largest absolute Gasteiger partial charge is 0.326 e. The fourth-order valence-corrected chi connectivity index (χ4v) is 4.97. The minimum absolute atomic E-state index is 0.0693. The van der Waals surface area contributed by atoms with Gasteiger partial charge in [-0.3, -0.25) is 14.9 Å². The highest BCUT2D eigenvalue weighted by atomic mass is 32.1. The molecule has 6 heteroatoms. The molecule has 1 heterocycles. The van der Waals surface area contributed by atoms with Gasteiger partial charge in [0, 0.05) is 22.0 Å². The van der Waals surface area contributed by atoms with E-state index in [1.54, 1.807) is 29.5 Å². The predicted molar refractivity (Wildman–Crippen MR) is 108 cm³/mol. The van der Waals surface area contributed by atoms with E-state index in [0.29, 0.717) is 16.4 Å². The number of nitrogens with one attached hydrogen (secondary N) is 2. The van der Waals surface area contributed by atoms with Gasteiger partial charge in [-0.05, 0) is 56.7 Å². The van der Waals surface area contributed by atoms with Gasteiger partial charge in [0.15, 0.2) is 5.13 Å². The molecule has 2 aliphatic carbocycles. The van der Waals surface area contributed by atoms with E-state index in [1.165, 1.54) is 24.1 Å². The summed E-state index contributed by atoms with van der Waals surface area (Å²) in [5.41, 5.74) is 2.34. The van der Waals surface area contributed by atoms with Crippen LogP contribution in [0.3, 0.4) is 0 Å². The molecule has 2 N–H and O–H groups in total. The lowest BCUT2D eigenvalue weighted by Crippen LogP contribution is -2.24. The number of thiazole rings is 1. The van der Waals surface area contributed by atoms with Crippen LogP contribution >= 0.6 is 11.3 Å². The van der Waals surface area contributed by atoms with Gasteiger partial charge in [0.1, 0.15) is 0 Å². The second-order valence-electron chi connectivity index (χ2n) is 7.46. The Kier molecular flexibility index (Phi) is 5.53. The minimum Gasteiger partial charge on any atom is -0.326 e. The summed E-state index contributed by atoms with van der Waals surface area (Å²) in [5.74, 6) is -0.0207. The van der Waals surface area contributed by atoms with E-state index in [9.17, 15) is 9.59 Å². The molecule has 1 saturated carbocycles. The van der Waals surface area contributed by atoms with Crippen LogP contribution < -0.4 is 10.6 Å². The van der Waals surface area contributed by atoms with Crippen LogP contribution in [-0.4, -0.2) is 16.8 Å². The first-order valence-corrected chi connectivity index (χ1v) is 10.7. The Hall–Kier alpha value is -2.21. The van der Waals surface area contributed by atoms with Crippen molar-refractivity contribution < 1.29 is 9.59 Å². The molecule has 1 fully saturated rings. The molecule has 0 radical (unpaired) electrons. The van der Waals surface area contributed by atoms with Gasteiger partial charge in [0.25, 0.3) is 5.91 Å². The molecule has 27 heavy (non-hydrogen) atoms. The van der Waals surface area contributed by atoms with Crippen molar-refractivity contribution in [3.63, 3.8) is 0 Å². The van der Waals surface area contributed by atoms with E-state index in [0.717, 1.165) is 44.2 Å². The standard InChI is InChI=1S/C21H25N3O2S/c25-19(14-7-2-1-3-8-14)22-16-10-6-9-15(13-16)20(26)24-21-23-17-11-4-5-12-18(17)27-21/h6,9-10,13-14H,1-5,7-8,11-12H2,(H,22,25)(H,23,24,26). The Bertz CT molecular complexity index is 816. The second-order valence-corrected chi connectivity index (χ2v) is 8.54. The number of rotatable bonds is 4. The lowest BCUT2D eigenvalue weighted by molar-refractivity contribution is -0.120. The van der Waals surface area contributed by atoms with Crippen molar-refractivity contribution >= 4 is 34.0 Å². The average Bonchev–Trinajstić information content (AvgIpc) is 3.11. The number of carbonyl (C=O) groups is 2. The molecule has 2 aromatic rings. The predicted octanol–water partition coefficient (Wildman–Crippen LogP) is 4.79. The van der Waals surface area contributed by atoms with Crippen molar-refractivity contribution in [1.82, 2.24) is 4.98 Å². The smallest absolute Gasteiger partial charge is 0.257 e. The van der Waals surface area contributed by atoms with Gasteiger partial charge in [-0.1, -0.05) is 25.3 Å². The summed E-state index contributed by atoms with van der Waals surface area (Å²) < 4.78 is 0. The van der Waals surface area contributed by atoms with Crippen LogP contribution in [0.4, 0.5) is 10.8 Å². The van der Waals surface area contributed by atoms with Gasteiger partial charge in [-0.15, -0.1) is 11.3 Å². The first-order valence-electron chi connectivity index (χ1n) is 9.90. The van der Waals surface area contributed by atoms with E-state index in [1.807, 2.05) is 6.07 Å². The average molecular weight is 384 g/mol. The highest BCUT2D eigenvalue weighted by Crippen LogP contribution is 2.30. The molecule has 0 spiro atoms. The van der Waals surface area contributed by atoms with Crippen LogP contribution in [0, 0.1) is 5.92 Å². The Labute approximate surface area is 163 Å². The van der Waals surface area contributed by atoms with Crippen LogP contribution in [0.2, 0.25) is 0 Å². The maximum absolute atomic E-state index is 12.6. The SMILES string of the molecule is O=C(Nc1nc2c(s1)CCCC2)c1cccc(NC(=O)C2CCCCC2)c1. The topological polar surface area (TPSA) is 71.1 Å². The summed E-state index contributed by atoms with van der Waals surface area (Å²) >= 11 is 1.58. The maximum Gasteiger partial charge on any atom is 0.257 e. The van der Waals surface area contributed by atoms with Crippen LogP contribution in [0.1, 0.15) is 65.9 Å². The first-order chi connectivity index (χ1) is 13.2. The maximum atomic E-state index is 12.6. The molecule has 4 rings (SSSR count). The van der Waals surface area contributed by atoms with Gasteiger partial charge < -0.3 is 5.32 Å². The van der Waals surface area contributed by atoms with Crippen molar-refractivity contribution in [3.05, 3.63) is 40.4 Å². The van der Waals surface area contributed by atoms with E-state index in [4.69, 9.17) is 0 Å². The number of carbonyl (C=O) groups excluding carboxylic acids is 2. The molecule has 2 amide bonds. The highest BCUT2D eigenvalue weighted by molar-refractivity contribution is 7.15. The van der Waals surface area contributed by atoms with E-state index in [2.05, 4.69) is 15.6 Å². The van der Waals surface area contributed by atoms with Crippen molar-refractivity contribution in [1.29, 1.82) is 0 Å². The summed E-state index contributed by atoms with van der Waals surface area (Å²) in [6, 6.07) is 7.14. The zero-order valence-corrected chi connectivity index (χ0v) is 16.2. The third-order valence-corrected chi connectivity index (χ3v) is 6.51. The number of fused-ring (bicyclic) bond motifs is 1. The fourth-order valence-electron chi connectivity index (χ4n) is 3.92. The molecule has 5 nitrogen and oxygen atoms in total. The van der Waals surface area contributed by atoms with Crippen LogP contribution in [-0.2, 0) is 17.6 Å². The molecule has 0 saturated heterocycles. The molecule has 0 atom stereocenters. The van der Waals surface area contributed by atoms with Gasteiger partial charge >= 0.3 is 0 Å². The van der Waals surface area contributed by atoms with Crippen molar-refractivity contribution in [2.45, 2.75) is 57.8 Å². The third kappa shape index (κ3) is 4.38. The Morgan fingerprint density at radius 1 is 1.00 bits per heavy atom. The quantitative estimate of drug-likeness (QED) is 0.797. The van der Waals surface area contributed by atoms with E-state index in [-0.39, 0.29) is 17.7 Å². The van der Waals surface area contributed by atoms with Crippen LogP contribution in [0.25, 0.3) is 0 Å². The molecular weight excluding hydrogens is 358 g/mol. The molecule has 0 bridgehead atoms. The highest BCUT2D eigenvalue weighted by Gasteiger charge is 2.21. The zero-order valence-electron chi connectivity index (χ0n) is 15.4. The van der Waals surface area contributed by atoms with E-state index < -0.39 is 0 Å². The number of hydrogen-bond acceptors (Lipinski definition) is 4. The number of aromatic nitrogens is 1. The van der Waals surface area contributed by atoms with Crippen molar-refractivity contribution in [2.24, 2.45) is 5.92 Å². The summed E-state index contributed by atoms with van der Waals surface area (Å²) in [4.78, 5) is 30.9. The first kappa shape index (κ1) is 18.2. The zero-order chi connectivity index (χ0) is 18.6. The monoisotopic (exact) mass is 383 g/mol. The second kappa shape index (κ2) is 8.21. The summed E-state index contributed by atoms with van der Waals surface area (Å²) in [7, 11) is 0. The number of aryl methyl sites for hydroxylation is 2. The molecule has 2 aliphatic rings. The molecular formula is C21H25N3O2S. The van der Waals surface area contributed by atoms with Crippen LogP contribution in [0.5, 0.6) is 0 Å². The molecule has 1 aromatic carbocycles. The Morgan fingerprint density at radius 2 is 1.81 bits per heavy atom. The molecule has 0 unspecified atom stereocenters. The minimum atomic E-state index is -0.185. The van der Waals surface area contributed by atoms with E-state index >= 15 is 0 Å². The number of amides is 2. The van der Waals surface area contributed by atoms with Gasteiger partial charge in [0.05, 0.1) is 5.69 Å². The summed E-state index contributed by atoms with van der Waals surface area (Å²) in [5, 5.41) is 6.56. The lowest BCUT2D eigenvalue weighted by Gasteiger charge is -2.20. The lowest BCUT2D eigenvalue weighted by atomic mass is 9.88. The van der Waals surface area contributed by atoms with Gasteiger partial charge in [-0.2, -0.15) is 0 Å². The third-order valence-electron chi connectivity index (χ3n) is 5.43.